The number of para-hydroxylation sites is 2. The van der Waals surface area contributed by atoms with Crippen molar-refractivity contribution in [3.05, 3.63) is 42.5 Å². The highest BCUT2D eigenvalue weighted by Gasteiger charge is 2.17. The van der Waals surface area contributed by atoms with E-state index in [1.165, 1.54) is 4.90 Å². The Bertz CT molecular complexity index is 643. The third kappa shape index (κ3) is 2.37. The predicted octanol–water partition coefficient (Wildman–Crippen LogP) is 3.39. The van der Waals surface area contributed by atoms with Gasteiger partial charge < -0.3 is 15.7 Å². The van der Waals surface area contributed by atoms with Crippen molar-refractivity contribution in [2.24, 2.45) is 0 Å². The van der Waals surface area contributed by atoms with Gasteiger partial charge in [0, 0.05) is 9.79 Å². The van der Waals surface area contributed by atoms with Crippen LogP contribution in [-0.2, 0) is 4.79 Å². The van der Waals surface area contributed by atoms with Crippen LogP contribution >= 0.6 is 11.8 Å². The van der Waals surface area contributed by atoms with Gasteiger partial charge in [-0.15, -0.1) is 0 Å². The van der Waals surface area contributed by atoms with E-state index in [9.17, 15) is 4.79 Å². The van der Waals surface area contributed by atoms with Crippen molar-refractivity contribution < 1.29 is 9.90 Å². The predicted molar refractivity (Wildman–Crippen MR) is 76.4 cm³/mol. The van der Waals surface area contributed by atoms with Crippen LogP contribution < -0.4 is 10.6 Å². The van der Waals surface area contributed by atoms with Crippen LogP contribution in [0.5, 0.6) is 0 Å². The lowest BCUT2D eigenvalue weighted by Gasteiger charge is -2.23. The van der Waals surface area contributed by atoms with E-state index in [1.807, 2.05) is 36.4 Å². The smallest absolute Gasteiger partial charge is 0.322 e. The number of aliphatic carboxylic acids is 1. The topological polar surface area (TPSA) is 61.4 Å². The third-order valence-corrected chi connectivity index (χ3v) is 3.96. The molecular weight excluding hydrogens is 260 g/mol. The largest absolute Gasteiger partial charge is 0.480 e. The number of fused-ring (bicyclic) bond motifs is 2. The molecule has 1 aliphatic heterocycles. The summed E-state index contributed by atoms with van der Waals surface area (Å²) < 4.78 is 0. The summed E-state index contributed by atoms with van der Waals surface area (Å²) in [5, 5.41) is 15.0. The van der Waals surface area contributed by atoms with E-state index in [2.05, 4.69) is 16.7 Å². The SMILES string of the molecule is O=C(O)CNc1cccc2c1Nc1ccccc1S2. The van der Waals surface area contributed by atoms with E-state index in [-0.39, 0.29) is 6.54 Å². The molecule has 19 heavy (non-hydrogen) atoms. The first kappa shape index (κ1) is 11.9. The van der Waals surface area contributed by atoms with E-state index >= 15 is 0 Å². The monoisotopic (exact) mass is 272 g/mol. The fourth-order valence-corrected chi connectivity index (χ4v) is 3.00. The van der Waals surface area contributed by atoms with Gasteiger partial charge >= 0.3 is 5.97 Å². The molecule has 0 unspecified atom stereocenters. The van der Waals surface area contributed by atoms with Crippen LogP contribution in [0.4, 0.5) is 17.1 Å². The summed E-state index contributed by atoms with van der Waals surface area (Å²) in [6, 6.07) is 13.9. The van der Waals surface area contributed by atoms with E-state index in [0.29, 0.717) is 0 Å². The highest BCUT2D eigenvalue weighted by Crippen LogP contribution is 2.46. The highest BCUT2D eigenvalue weighted by molar-refractivity contribution is 7.99. The molecule has 5 heteroatoms. The molecule has 0 spiro atoms. The summed E-state index contributed by atoms with van der Waals surface area (Å²) in [4.78, 5) is 12.9. The summed E-state index contributed by atoms with van der Waals surface area (Å²) in [5.41, 5.74) is 2.79. The number of carbonyl (C=O) groups is 1. The van der Waals surface area contributed by atoms with Gasteiger partial charge in [-0.3, -0.25) is 4.79 Å². The van der Waals surface area contributed by atoms with Crippen molar-refractivity contribution >= 4 is 34.8 Å². The maximum atomic E-state index is 10.7. The molecule has 0 amide bonds. The van der Waals surface area contributed by atoms with E-state index in [0.717, 1.165) is 22.0 Å². The summed E-state index contributed by atoms with van der Waals surface area (Å²) in [7, 11) is 0. The Kier molecular flexibility index (Phi) is 3.05. The molecule has 0 bridgehead atoms. The van der Waals surface area contributed by atoms with Crippen LogP contribution in [0.15, 0.2) is 52.3 Å². The second kappa shape index (κ2) is 4.85. The van der Waals surface area contributed by atoms with Gasteiger partial charge in [-0.25, -0.2) is 0 Å². The molecule has 1 heterocycles. The van der Waals surface area contributed by atoms with Gasteiger partial charge in [-0.1, -0.05) is 30.0 Å². The van der Waals surface area contributed by atoms with Gasteiger partial charge in [0.25, 0.3) is 0 Å². The maximum Gasteiger partial charge on any atom is 0.322 e. The standard InChI is InChI=1S/C14H12N2O2S/c17-13(18)8-15-10-5-3-7-12-14(10)16-9-4-1-2-6-11(9)19-12/h1-7,15-16H,8H2,(H,17,18). The minimum atomic E-state index is -0.874. The van der Waals surface area contributed by atoms with Gasteiger partial charge in [0.15, 0.2) is 0 Å². The average Bonchev–Trinajstić information content (AvgIpc) is 2.42. The first-order valence-electron chi connectivity index (χ1n) is 5.86. The number of benzene rings is 2. The maximum absolute atomic E-state index is 10.7. The molecule has 0 saturated heterocycles. The molecule has 0 radical (unpaired) electrons. The number of hydrogen-bond donors (Lipinski definition) is 3. The fourth-order valence-electron chi connectivity index (χ4n) is 1.98. The van der Waals surface area contributed by atoms with Crippen LogP contribution in [-0.4, -0.2) is 17.6 Å². The number of carboxylic acid groups (broad SMARTS) is 1. The second-order valence-corrected chi connectivity index (χ2v) is 5.23. The van der Waals surface area contributed by atoms with Crippen molar-refractivity contribution in [3.63, 3.8) is 0 Å². The molecule has 0 atom stereocenters. The Morgan fingerprint density at radius 1 is 1.16 bits per heavy atom. The summed E-state index contributed by atoms with van der Waals surface area (Å²) in [6.45, 7) is -0.0928. The molecule has 0 saturated carbocycles. The van der Waals surface area contributed by atoms with E-state index in [4.69, 9.17) is 5.11 Å². The lowest BCUT2D eigenvalue weighted by atomic mass is 10.2. The Hall–Kier alpha value is -2.14. The summed E-state index contributed by atoms with van der Waals surface area (Å²) in [5.74, 6) is -0.874. The number of rotatable bonds is 3. The summed E-state index contributed by atoms with van der Waals surface area (Å²) in [6.07, 6.45) is 0. The van der Waals surface area contributed by atoms with Gasteiger partial charge in [0.05, 0.1) is 17.1 Å². The van der Waals surface area contributed by atoms with Crippen molar-refractivity contribution in [1.29, 1.82) is 0 Å². The van der Waals surface area contributed by atoms with Crippen molar-refractivity contribution in [2.75, 3.05) is 17.2 Å². The van der Waals surface area contributed by atoms with Crippen LogP contribution in [0.3, 0.4) is 0 Å². The zero-order chi connectivity index (χ0) is 13.2. The van der Waals surface area contributed by atoms with Crippen LogP contribution in [0.2, 0.25) is 0 Å². The van der Waals surface area contributed by atoms with E-state index < -0.39 is 5.97 Å². The minimum Gasteiger partial charge on any atom is -0.480 e. The zero-order valence-electron chi connectivity index (χ0n) is 10.0. The number of carboxylic acids is 1. The molecule has 96 valence electrons. The first-order valence-corrected chi connectivity index (χ1v) is 6.68. The van der Waals surface area contributed by atoms with Crippen molar-refractivity contribution in [1.82, 2.24) is 0 Å². The normalized spacial score (nSPS) is 12.0. The first-order chi connectivity index (χ1) is 9.24. The molecule has 2 aromatic rings. The molecular formula is C14H12N2O2S. The molecule has 0 aliphatic carbocycles. The lowest BCUT2D eigenvalue weighted by Crippen LogP contribution is -2.14. The Balaban J connectivity index is 1.94. The van der Waals surface area contributed by atoms with Crippen LogP contribution in [0.25, 0.3) is 0 Å². The van der Waals surface area contributed by atoms with E-state index in [1.54, 1.807) is 11.8 Å². The zero-order valence-corrected chi connectivity index (χ0v) is 10.8. The molecule has 3 rings (SSSR count). The Morgan fingerprint density at radius 3 is 2.79 bits per heavy atom. The van der Waals surface area contributed by atoms with Crippen LogP contribution in [0, 0.1) is 0 Å². The second-order valence-electron chi connectivity index (χ2n) is 4.15. The average molecular weight is 272 g/mol. The van der Waals surface area contributed by atoms with Gasteiger partial charge in [-0.05, 0) is 24.3 Å². The fraction of sp³-hybridized carbons (Fsp3) is 0.0714. The third-order valence-electron chi connectivity index (χ3n) is 2.82. The highest BCUT2D eigenvalue weighted by atomic mass is 32.2. The molecule has 1 aliphatic rings. The molecule has 0 aromatic heterocycles. The molecule has 2 aromatic carbocycles. The van der Waals surface area contributed by atoms with Gasteiger partial charge in [0.1, 0.15) is 6.54 Å². The van der Waals surface area contributed by atoms with Crippen LogP contribution in [0.1, 0.15) is 0 Å². The number of nitrogens with one attached hydrogen (secondary N) is 2. The van der Waals surface area contributed by atoms with Gasteiger partial charge in [-0.2, -0.15) is 0 Å². The van der Waals surface area contributed by atoms with Crippen molar-refractivity contribution in [2.45, 2.75) is 9.79 Å². The molecule has 0 fully saturated rings. The Labute approximate surface area is 114 Å². The number of anilines is 3. The molecule has 4 nitrogen and oxygen atoms in total. The quantitative estimate of drug-likeness (QED) is 0.682. The lowest BCUT2D eigenvalue weighted by molar-refractivity contribution is -0.134. The van der Waals surface area contributed by atoms with Gasteiger partial charge in [0.2, 0.25) is 0 Å². The molecule has 3 N–H and O–H groups in total. The Morgan fingerprint density at radius 2 is 1.95 bits per heavy atom. The minimum absolute atomic E-state index is 0.0928. The van der Waals surface area contributed by atoms with Crippen molar-refractivity contribution in [3.8, 4) is 0 Å². The summed E-state index contributed by atoms with van der Waals surface area (Å²) >= 11 is 1.68. The number of hydrogen-bond acceptors (Lipinski definition) is 4.